The van der Waals surface area contributed by atoms with Crippen molar-refractivity contribution in [1.82, 2.24) is 24.1 Å². The molecular weight excluding hydrogens is 398 g/mol. The fraction of sp³-hybridized carbons (Fsp3) is 0.222. The van der Waals surface area contributed by atoms with Crippen LogP contribution in [0.3, 0.4) is 0 Å². The van der Waals surface area contributed by atoms with E-state index in [0.717, 1.165) is 0 Å². The Bertz CT molecular complexity index is 1170. The third kappa shape index (κ3) is 4.41. The Kier molecular flexibility index (Phi) is 5.89. The molecule has 152 valence electrons. The van der Waals surface area contributed by atoms with E-state index >= 15 is 0 Å². The van der Waals surface area contributed by atoms with Crippen LogP contribution in [-0.2, 0) is 28.4 Å². The molecule has 3 aromatic rings. The summed E-state index contributed by atoms with van der Waals surface area (Å²) in [6, 6.07) is 10.6. The number of aromatic nitrogens is 4. The van der Waals surface area contributed by atoms with Gasteiger partial charge in [-0.1, -0.05) is 6.07 Å². The highest BCUT2D eigenvalue weighted by atomic mass is 32.2. The Morgan fingerprint density at radius 1 is 1.17 bits per heavy atom. The number of carbonyl (C=O) groups is 1. The van der Waals surface area contributed by atoms with Crippen LogP contribution in [0.15, 0.2) is 58.4 Å². The summed E-state index contributed by atoms with van der Waals surface area (Å²) in [4.78, 5) is 27.9. The van der Waals surface area contributed by atoms with Crippen molar-refractivity contribution in [3.63, 3.8) is 0 Å². The Hall–Kier alpha value is -3.31. The fourth-order valence-electron chi connectivity index (χ4n) is 2.61. The van der Waals surface area contributed by atoms with Crippen LogP contribution < -0.4 is 10.4 Å². The molecule has 0 aliphatic carbocycles. The topological polar surface area (TPSA) is 125 Å². The molecule has 0 radical (unpaired) electrons. The number of ether oxygens (including phenoxy) is 1. The van der Waals surface area contributed by atoms with E-state index in [1.54, 1.807) is 31.4 Å². The zero-order chi connectivity index (χ0) is 21.0. The van der Waals surface area contributed by atoms with Crippen molar-refractivity contribution in [3.8, 4) is 11.5 Å². The second kappa shape index (κ2) is 8.37. The van der Waals surface area contributed by atoms with Gasteiger partial charge in [0.25, 0.3) is 0 Å². The van der Waals surface area contributed by atoms with Crippen LogP contribution in [0.25, 0.3) is 11.5 Å². The van der Waals surface area contributed by atoms with E-state index in [-0.39, 0.29) is 29.2 Å². The van der Waals surface area contributed by atoms with Crippen molar-refractivity contribution >= 4 is 16.0 Å². The lowest BCUT2D eigenvalue weighted by Crippen LogP contribution is -2.31. The quantitative estimate of drug-likeness (QED) is 0.552. The zero-order valence-corrected chi connectivity index (χ0v) is 16.6. The van der Waals surface area contributed by atoms with Gasteiger partial charge in [-0.3, -0.25) is 9.55 Å². The predicted molar refractivity (Wildman–Crippen MR) is 104 cm³/mol. The Morgan fingerprint density at radius 2 is 1.90 bits per heavy atom. The number of esters is 1. The number of benzene rings is 1. The maximum atomic E-state index is 12.4. The number of rotatable bonds is 7. The lowest BCUT2D eigenvalue weighted by molar-refractivity contribution is 0.0600. The summed E-state index contributed by atoms with van der Waals surface area (Å²) >= 11 is 0. The number of sulfonamides is 1. The molecule has 0 aliphatic heterocycles. The van der Waals surface area contributed by atoms with Gasteiger partial charge in [-0.2, -0.15) is 0 Å². The van der Waals surface area contributed by atoms with Gasteiger partial charge in [0.2, 0.25) is 10.0 Å². The van der Waals surface area contributed by atoms with Crippen LogP contribution in [0.2, 0.25) is 0 Å². The van der Waals surface area contributed by atoms with E-state index in [0.29, 0.717) is 11.5 Å². The Balaban J connectivity index is 1.69. The average molecular weight is 417 g/mol. The number of carbonyl (C=O) groups excluding carboxylic acids is 1. The highest BCUT2D eigenvalue weighted by Crippen LogP contribution is 2.12. The van der Waals surface area contributed by atoms with Crippen LogP contribution in [0, 0.1) is 0 Å². The minimum absolute atomic E-state index is 0.00676. The van der Waals surface area contributed by atoms with E-state index in [4.69, 9.17) is 0 Å². The molecule has 1 N–H and O–H groups in total. The van der Waals surface area contributed by atoms with Crippen molar-refractivity contribution in [1.29, 1.82) is 0 Å². The van der Waals surface area contributed by atoms with E-state index in [9.17, 15) is 18.0 Å². The minimum atomic E-state index is -3.81. The lowest BCUT2D eigenvalue weighted by Gasteiger charge is -2.07. The van der Waals surface area contributed by atoms with Crippen molar-refractivity contribution in [3.05, 3.63) is 64.7 Å². The summed E-state index contributed by atoms with van der Waals surface area (Å²) < 4.78 is 34.3. The number of methoxy groups -OCH3 is 1. The lowest BCUT2D eigenvalue weighted by atomic mass is 10.2. The molecule has 3 rings (SSSR count). The molecule has 0 unspecified atom stereocenters. The molecule has 0 saturated heterocycles. The normalized spacial score (nSPS) is 11.4. The van der Waals surface area contributed by atoms with Gasteiger partial charge in [-0.15, -0.1) is 5.10 Å². The molecule has 0 spiro atoms. The van der Waals surface area contributed by atoms with Gasteiger partial charge in [-0.05, 0) is 36.4 Å². The number of pyridine rings is 1. The largest absolute Gasteiger partial charge is 0.465 e. The maximum absolute atomic E-state index is 12.4. The molecule has 10 nitrogen and oxygen atoms in total. The summed E-state index contributed by atoms with van der Waals surface area (Å²) in [6.07, 6.45) is 1.60. The molecule has 11 heteroatoms. The van der Waals surface area contributed by atoms with Gasteiger partial charge in [0.15, 0.2) is 5.82 Å². The van der Waals surface area contributed by atoms with Crippen LogP contribution in [0.1, 0.15) is 10.4 Å². The van der Waals surface area contributed by atoms with Crippen molar-refractivity contribution in [2.75, 3.05) is 13.7 Å². The summed E-state index contributed by atoms with van der Waals surface area (Å²) in [7, 11) is -0.997. The summed E-state index contributed by atoms with van der Waals surface area (Å²) in [5, 5.41) is 4.23. The SMILES string of the molecule is COC(=O)c1ccc(S(=O)(=O)NCCn2nc(-c3ccccn3)n(C)c2=O)cc1. The highest BCUT2D eigenvalue weighted by Gasteiger charge is 2.17. The first-order chi connectivity index (χ1) is 13.8. The first kappa shape index (κ1) is 20.4. The number of nitrogens with one attached hydrogen (secondary N) is 1. The first-order valence-corrected chi connectivity index (χ1v) is 10.0. The predicted octanol–water partition coefficient (Wildman–Crippen LogP) is 0.409. The molecule has 0 saturated carbocycles. The molecule has 29 heavy (non-hydrogen) atoms. The molecule has 2 aromatic heterocycles. The molecular formula is C18H19N5O5S. The van der Waals surface area contributed by atoms with Crippen molar-refractivity contribution in [2.24, 2.45) is 7.05 Å². The molecule has 2 heterocycles. The number of hydrogen-bond donors (Lipinski definition) is 1. The fourth-order valence-corrected chi connectivity index (χ4v) is 3.63. The van der Waals surface area contributed by atoms with Gasteiger partial charge in [0, 0.05) is 19.8 Å². The third-order valence-corrected chi connectivity index (χ3v) is 5.61. The van der Waals surface area contributed by atoms with E-state index in [1.165, 1.54) is 40.6 Å². The smallest absolute Gasteiger partial charge is 0.346 e. The molecule has 1 aromatic carbocycles. The first-order valence-electron chi connectivity index (χ1n) is 8.57. The van der Waals surface area contributed by atoms with Crippen LogP contribution >= 0.6 is 0 Å². The summed E-state index contributed by atoms with van der Waals surface area (Å²) in [6.45, 7) is -0.00134. The second-order valence-electron chi connectivity index (χ2n) is 6.02. The average Bonchev–Trinajstić information content (AvgIpc) is 3.02. The number of hydrogen-bond acceptors (Lipinski definition) is 7. The minimum Gasteiger partial charge on any atom is -0.465 e. The third-order valence-electron chi connectivity index (χ3n) is 4.14. The van der Waals surface area contributed by atoms with Crippen LogP contribution in [0.5, 0.6) is 0 Å². The Morgan fingerprint density at radius 3 is 2.52 bits per heavy atom. The van der Waals surface area contributed by atoms with Gasteiger partial charge in [0.1, 0.15) is 5.69 Å². The maximum Gasteiger partial charge on any atom is 0.346 e. The molecule has 0 amide bonds. The standard InChI is InChI=1S/C18H19N5O5S/c1-22-16(15-5-3-4-10-19-15)21-23(18(22)25)12-11-20-29(26,27)14-8-6-13(7-9-14)17(24)28-2/h3-10,20H,11-12H2,1-2H3. The van der Waals surface area contributed by atoms with Gasteiger partial charge >= 0.3 is 11.7 Å². The molecule has 0 fully saturated rings. The highest BCUT2D eigenvalue weighted by molar-refractivity contribution is 7.89. The van der Waals surface area contributed by atoms with Crippen LogP contribution in [0.4, 0.5) is 0 Å². The second-order valence-corrected chi connectivity index (χ2v) is 7.78. The van der Waals surface area contributed by atoms with Gasteiger partial charge in [-0.25, -0.2) is 27.4 Å². The van der Waals surface area contributed by atoms with E-state index < -0.39 is 16.0 Å². The molecule has 0 bridgehead atoms. The van der Waals surface area contributed by atoms with E-state index in [1.807, 2.05) is 0 Å². The van der Waals surface area contributed by atoms with E-state index in [2.05, 4.69) is 19.5 Å². The Labute approximate surface area is 166 Å². The zero-order valence-electron chi connectivity index (χ0n) is 15.8. The summed E-state index contributed by atoms with van der Waals surface area (Å²) in [5.74, 6) is -0.169. The van der Waals surface area contributed by atoms with Crippen molar-refractivity contribution in [2.45, 2.75) is 11.4 Å². The van der Waals surface area contributed by atoms with Crippen LogP contribution in [-0.4, -0.2) is 47.4 Å². The number of nitrogens with zero attached hydrogens (tertiary/aromatic N) is 4. The summed E-state index contributed by atoms with van der Waals surface area (Å²) in [5.41, 5.74) is 0.401. The van der Waals surface area contributed by atoms with Gasteiger partial charge in [0.05, 0.1) is 24.1 Å². The molecule has 0 atom stereocenters. The monoisotopic (exact) mass is 417 g/mol. The molecule has 0 aliphatic rings. The van der Waals surface area contributed by atoms with Gasteiger partial charge < -0.3 is 4.74 Å². The van der Waals surface area contributed by atoms with Crippen molar-refractivity contribution < 1.29 is 17.9 Å².